The quantitative estimate of drug-likeness (QED) is 0.176. The van der Waals surface area contributed by atoms with Crippen LogP contribution >= 0.6 is 0 Å². The molecule has 52 heavy (non-hydrogen) atoms. The SMILES string of the molecule is CC1(C)c2cc3c(cc2-c2ccc4ccccc4c21)c1ccccc1n3-c1cccc(-c2nc(-c3ccccc3)c3ccc4ccccc4c3n2)c1. The summed E-state index contributed by atoms with van der Waals surface area (Å²) in [4.78, 5) is 10.6. The molecule has 2 heterocycles. The van der Waals surface area contributed by atoms with Gasteiger partial charge in [0.2, 0.25) is 0 Å². The fourth-order valence-corrected chi connectivity index (χ4v) is 8.93. The normalized spacial score (nSPS) is 13.3. The van der Waals surface area contributed by atoms with Crippen molar-refractivity contribution in [2.24, 2.45) is 0 Å². The van der Waals surface area contributed by atoms with Crippen molar-refractivity contribution in [1.29, 1.82) is 0 Å². The van der Waals surface area contributed by atoms with Crippen molar-refractivity contribution in [3.8, 4) is 39.5 Å². The maximum atomic E-state index is 5.30. The molecule has 0 unspecified atom stereocenters. The Balaban J connectivity index is 1.15. The van der Waals surface area contributed by atoms with E-state index in [1.54, 1.807) is 0 Å². The van der Waals surface area contributed by atoms with E-state index in [2.05, 4.69) is 182 Å². The lowest BCUT2D eigenvalue weighted by Gasteiger charge is -2.23. The van der Waals surface area contributed by atoms with Crippen LogP contribution in [0.25, 0.3) is 93.7 Å². The summed E-state index contributed by atoms with van der Waals surface area (Å²) in [6.45, 7) is 4.77. The summed E-state index contributed by atoms with van der Waals surface area (Å²) < 4.78 is 2.43. The van der Waals surface area contributed by atoms with Crippen LogP contribution < -0.4 is 0 Å². The lowest BCUT2D eigenvalue weighted by atomic mass is 9.80. The minimum absolute atomic E-state index is 0.154. The second kappa shape index (κ2) is 10.7. The van der Waals surface area contributed by atoms with Crippen molar-refractivity contribution in [2.75, 3.05) is 0 Å². The van der Waals surface area contributed by atoms with Gasteiger partial charge in [-0.3, -0.25) is 0 Å². The minimum atomic E-state index is -0.154. The van der Waals surface area contributed by atoms with Crippen molar-refractivity contribution in [3.63, 3.8) is 0 Å². The van der Waals surface area contributed by atoms with Gasteiger partial charge in [0.1, 0.15) is 0 Å². The highest BCUT2D eigenvalue weighted by Gasteiger charge is 2.37. The molecule has 0 amide bonds. The van der Waals surface area contributed by atoms with Gasteiger partial charge >= 0.3 is 0 Å². The third-order valence-corrected chi connectivity index (χ3v) is 11.3. The number of hydrogen-bond acceptors (Lipinski definition) is 2. The molecule has 8 aromatic carbocycles. The van der Waals surface area contributed by atoms with Crippen molar-refractivity contribution in [3.05, 3.63) is 175 Å². The van der Waals surface area contributed by atoms with Crippen LogP contribution in [-0.2, 0) is 5.41 Å². The van der Waals surface area contributed by atoms with Gasteiger partial charge in [0.25, 0.3) is 0 Å². The number of rotatable bonds is 3. The van der Waals surface area contributed by atoms with E-state index in [9.17, 15) is 0 Å². The van der Waals surface area contributed by atoms with Gasteiger partial charge in [-0.2, -0.15) is 0 Å². The zero-order valence-electron chi connectivity index (χ0n) is 28.9. The summed E-state index contributed by atoms with van der Waals surface area (Å²) in [5.74, 6) is 0.717. The summed E-state index contributed by atoms with van der Waals surface area (Å²) in [5.41, 5.74) is 12.8. The van der Waals surface area contributed by atoms with Crippen LogP contribution in [0.2, 0.25) is 0 Å². The zero-order chi connectivity index (χ0) is 34.6. The molecule has 0 N–H and O–H groups in total. The average Bonchev–Trinajstić information content (AvgIpc) is 3.64. The fraction of sp³-hybridized carbons (Fsp3) is 0.0612. The molecule has 1 aliphatic rings. The first-order valence-corrected chi connectivity index (χ1v) is 18.0. The fourth-order valence-electron chi connectivity index (χ4n) is 8.93. The molecule has 0 saturated carbocycles. The molecule has 10 aromatic rings. The first-order valence-electron chi connectivity index (χ1n) is 18.0. The molecular weight excluding hydrogens is 631 g/mol. The van der Waals surface area contributed by atoms with Crippen LogP contribution in [0.1, 0.15) is 25.0 Å². The topological polar surface area (TPSA) is 30.7 Å². The highest BCUT2D eigenvalue weighted by atomic mass is 15.0. The molecule has 0 radical (unpaired) electrons. The van der Waals surface area contributed by atoms with E-state index in [0.29, 0.717) is 0 Å². The molecule has 244 valence electrons. The summed E-state index contributed by atoms with van der Waals surface area (Å²) in [6, 6.07) is 59.2. The third kappa shape index (κ3) is 4.08. The Hall–Kier alpha value is -6.58. The van der Waals surface area contributed by atoms with E-state index in [1.165, 1.54) is 60.2 Å². The molecule has 3 heteroatoms. The van der Waals surface area contributed by atoms with E-state index in [0.717, 1.165) is 44.6 Å². The van der Waals surface area contributed by atoms with Crippen LogP contribution in [-0.4, -0.2) is 14.5 Å². The Morgan fingerprint density at radius 1 is 0.462 bits per heavy atom. The molecule has 0 atom stereocenters. The Morgan fingerprint density at radius 2 is 1.15 bits per heavy atom. The molecule has 0 bridgehead atoms. The molecule has 1 aliphatic carbocycles. The number of aromatic nitrogens is 3. The standard InChI is InChI=1S/C49H33N3/c1-49(2)42-29-44-41(28-40(42)38-25-23-30-13-6-8-19-35(30)45(38)49)37-21-10-11-22-43(37)52(44)34-18-12-17-33(27-34)48-50-46(32-15-4-3-5-16-32)39-26-24-31-14-7-9-20-36(31)47(39)51-48/h3-29H,1-2H3. The van der Waals surface area contributed by atoms with Gasteiger partial charge in [0.15, 0.2) is 5.82 Å². The van der Waals surface area contributed by atoms with Gasteiger partial charge < -0.3 is 4.57 Å². The lowest BCUT2D eigenvalue weighted by Crippen LogP contribution is -2.15. The largest absolute Gasteiger partial charge is 0.309 e. The number of benzene rings is 8. The number of nitrogens with zero attached hydrogens (tertiary/aromatic N) is 3. The second-order valence-corrected chi connectivity index (χ2v) is 14.6. The number of hydrogen-bond donors (Lipinski definition) is 0. The van der Waals surface area contributed by atoms with E-state index in [4.69, 9.17) is 9.97 Å². The lowest BCUT2D eigenvalue weighted by molar-refractivity contribution is 0.667. The summed E-state index contributed by atoms with van der Waals surface area (Å²) in [5, 5.41) is 8.49. The molecule has 11 rings (SSSR count). The van der Waals surface area contributed by atoms with Crippen LogP contribution in [0.4, 0.5) is 0 Å². The van der Waals surface area contributed by atoms with Gasteiger partial charge in [0, 0.05) is 43.8 Å². The maximum Gasteiger partial charge on any atom is 0.160 e. The maximum absolute atomic E-state index is 5.30. The number of para-hydroxylation sites is 1. The highest BCUT2D eigenvalue weighted by Crippen LogP contribution is 2.53. The Labute approximate surface area is 301 Å². The molecule has 3 nitrogen and oxygen atoms in total. The van der Waals surface area contributed by atoms with Crippen molar-refractivity contribution >= 4 is 54.3 Å². The highest BCUT2D eigenvalue weighted by molar-refractivity contribution is 6.13. The first kappa shape index (κ1) is 29.2. The van der Waals surface area contributed by atoms with Gasteiger partial charge in [-0.15, -0.1) is 0 Å². The van der Waals surface area contributed by atoms with Crippen LogP contribution in [0.3, 0.4) is 0 Å². The molecular formula is C49H33N3. The number of fused-ring (bicyclic) bond motifs is 11. The van der Waals surface area contributed by atoms with Gasteiger partial charge in [-0.25, -0.2) is 9.97 Å². The molecule has 0 aliphatic heterocycles. The van der Waals surface area contributed by atoms with Crippen molar-refractivity contribution in [2.45, 2.75) is 19.3 Å². The van der Waals surface area contributed by atoms with Crippen LogP contribution in [0.5, 0.6) is 0 Å². The molecule has 0 fully saturated rings. The van der Waals surface area contributed by atoms with Gasteiger partial charge in [-0.1, -0.05) is 141 Å². The zero-order valence-corrected chi connectivity index (χ0v) is 28.9. The van der Waals surface area contributed by atoms with Gasteiger partial charge in [0.05, 0.1) is 22.2 Å². The second-order valence-electron chi connectivity index (χ2n) is 14.6. The average molecular weight is 664 g/mol. The van der Waals surface area contributed by atoms with E-state index < -0.39 is 0 Å². The van der Waals surface area contributed by atoms with Crippen LogP contribution in [0.15, 0.2) is 164 Å². The van der Waals surface area contributed by atoms with Crippen molar-refractivity contribution < 1.29 is 0 Å². The Morgan fingerprint density at radius 3 is 2.00 bits per heavy atom. The van der Waals surface area contributed by atoms with Crippen molar-refractivity contribution in [1.82, 2.24) is 14.5 Å². The molecule has 0 saturated heterocycles. The summed E-state index contributed by atoms with van der Waals surface area (Å²) >= 11 is 0. The summed E-state index contributed by atoms with van der Waals surface area (Å²) in [7, 11) is 0. The van der Waals surface area contributed by atoms with E-state index >= 15 is 0 Å². The molecule has 0 spiro atoms. The smallest absolute Gasteiger partial charge is 0.160 e. The predicted octanol–water partition coefficient (Wildman–Crippen LogP) is 12.7. The van der Waals surface area contributed by atoms with Crippen LogP contribution in [0, 0.1) is 0 Å². The first-order chi connectivity index (χ1) is 25.5. The Bertz CT molecular complexity index is 3100. The Kier molecular flexibility index (Phi) is 6.01. The molecule has 2 aromatic heterocycles. The van der Waals surface area contributed by atoms with Gasteiger partial charge in [-0.05, 0) is 74.8 Å². The monoisotopic (exact) mass is 663 g/mol. The third-order valence-electron chi connectivity index (χ3n) is 11.3. The minimum Gasteiger partial charge on any atom is -0.309 e. The van der Waals surface area contributed by atoms with E-state index in [-0.39, 0.29) is 5.41 Å². The summed E-state index contributed by atoms with van der Waals surface area (Å²) in [6.07, 6.45) is 0. The predicted molar refractivity (Wildman–Crippen MR) is 217 cm³/mol. The van der Waals surface area contributed by atoms with E-state index in [1.807, 2.05) is 0 Å².